The van der Waals surface area contributed by atoms with Gasteiger partial charge in [-0.15, -0.1) is 0 Å². The standard InChI is InChI=1S/C15H11Cl2NO2/c1-19-13-4-10(8-18)5-14(7-13)20-9-11-2-3-12(16)6-15(11)17/h2-7H,9H2,1H3. The van der Waals surface area contributed by atoms with Gasteiger partial charge in [0.25, 0.3) is 0 Å². The molecule has 2 aromatic rings. The third-order valence-corrected chi connectivity index (χ3v) is 3.24. The molecule has 0 radical (unpaired) electrons. The molecule has 0 aliphatic carbocycles. The van der Waals surface area contributed by atoms with Crippen LogP contribution in [0.4, 0.5) is 0 Å². The van der Waals surface area contributed by atoms with Crippen LogP contribution in [0.25, 0.3) is 0 Å². The Morgan fingerprint density at radius 2 is 1.85 bits per heavy atom. The number of hydrogen-bond donors (Lipinski definition) is 0. The lowest BCUT2D eigenvalue weighted by Crippen LogP contribution is -1.97. The summed E-state index contributed by atoms with van der Waals surface area (Å²) in [6, 6.07) is 12.3. The summed E-state index contributed by atoms with van der Waals surface area (Å²) >= 11 is 11.9. The van der Waals surface area contributed by atoms with Crippen LogP contribution in [0.1, 0.15) is 11.1 Å². The first-order chi connectivity index (χ1) is 9.62. The number of hydrogen-bond acceptors (Lipinski definition) is 3. The minimum Gasteiger partial charge on any atom is -0.497 e. The van der Waals surface area contributed by atoms with Crippen LogP contribution in [-0.4, -0.2) is 7.11 Å². The largest absolute Gasteiger partial charge is 0.497 e. The van der Waals surface area contributed by atoms with Crippen LogP contribution in [0.2, 0.25) is 10.0 Å². The van der Waals surface area contributed by atoms with Gasteiger partial charge in [0, 0.05) is 21.7 Å². The molecule has 0 atom stereocenters. The minimum absolute atomic E-state index is 0.286. The van der Waals surface area contributed by atoms with Crippen molar-refractivity contribution in [3.8, 4) is 17.6 Å². The first-order valence-electron chi connectivity index (χ1n) is 5.78. The number of rotatable bonds is 4. The number of methoxy groups -OCH3 is 1. The van der Waals surface area contributed by atoms with Crippen molar-refractivity contribution in [3.63, 3.8) is 0 Å². The summed E-state index contributed by atoms with van der Waals surface area (Å²) in [6.45, 7) is 0.286. The lowest BCUT2D eigenvalue weighted by molar-refractivity contribution is 0.303. The van der Waals surface area contributed by atoms with Crippen molar-refractivity contribution in [1.82, 2.24) is 0 Å². The van der Waals surface area contributed by atoms with E-state index in [0.717, 1.165) is 5.56 Å². The molecule has 5 heteroatoms. The van der Waals surface area contributed by atoms with Gasteiger partial charge in [-0.2, -0.15) is 5.26 Å². The SMILES string of the molecule is COc1cc(C#N)cc(OCc2ccc(Cl)cc2Cl)c1. The van der Waals surface area contributed by atoms with E-state index in [-0.39, 0.29) is 6.61 Å². The lowest BCUT2D eigenvalue weighted by Gasteiger charge is -2.10. The van der Waals surface area contributed by atoms with Gasteiger partial charge in [0.05, 0.1) is 18.7 Å². The summed E-state index contributed by atoms with van der Waals surface area (Å²) in [5.74, 6) is 1.12. The first-order valence-corrected chi connectivity index (χ1v) is 6.54. The summed E-state index contributed by atoms with van der Waals surface area (Å²) in [5, 5.41) is 10.1. The van der Waals surface area contributed by atoms with Crippen molar-refractivity contribution in [2.24, 2.45) is 0 Å². The van der Waals surface area contributed by atoms with E-state index in [9.17, 15) is 0 Å². The molecule has 2 rings (SSSR count). The molecule has 2 aromatic carbocycles. The Hall–Kier alpha value is -1.89. The zero-order chi connectivity index (χ0) is 14.5. The fourth-order valence-electron chi connectivity index (χ4n) is 1.64. The van der Waals surface area contributed by atoms with Crippen LogP contribution in [0.3, 0.4) is 0 Å². The van der Waals surface area contributed by atoms with Gasteiger partial charge in [-0.1, -0.05) is 29.3 Å². The molecule has 0 aliphatic heterocycles. The van der Waals surface area contributed by atoms with E-state index in [1.54, 1.807) is 36.4 Å². The normalized spacial score (nSPS) is 9.90. The van der Waals surface area contributed by atoms with Crippen LogP contribution in [-0.2, 0) is 6.61 Å². The highest BCUT2D eigenvalue weighted by Gasteiger charge is 2.05. The molecule has 0 aromatic heterocycles. The highest BCUT2D eigenvalue weighted by molar-refractivity contribution is 6.35. The second-order valence-corrected chi connectivity index (χ2v) is 4.88. The highest BCUT2D eigenvalue weighted by atomic mass is 35.5. The third-order valence-electron chi connectivity index (χ3n) is 2.65. The van der Waals surface area contributed by atoms with Gasteiger partial charge in [0.1, 0.15) is 18.1 Å². The molecule has 0 fully saturated rings. The Bertz CT molecular complexity index is 665. The summed E-state index contributed by atoms with van der Waals surface area (Å²) in [4.78, 5) is 0. The fourth-order valence-corrected chi connectivity index (χ4v) is 2.10. The Morgan fingerprint density at radius 1 is 1.10 bits per heavy atom. The van der Waals surface area contributed by atoms with Crippen molar-refractivity contribution < 1.29 is 9.47 Å². The monoisotopic (exact) mass is 307 g/mol. The number of halogens is 2. The summed E-state index contributed by atoms with van der Waals surface area (Å²) in [5.41, 5.74) is 1.29. The second kappa shape index (κ2) is 6.51. The quantitative estimate of drug-likeness (QED) is 0.838. The summed E-state index contributed by atoms with van der Waals surface area (Å²) < 4.78 is 10.8. The molecule has 0 bridgehead atoms. The smallest absolute Gasteiger partial charge is 0.124 e. The zero-order valence-corrected chi connectivity index (χ0v) is 12.2. The molecular formula is C15H11Cl2NO2. The van der Waals surface area contributed by atoms with E-state index in [0.29, 0.717) is 27.1 Å². The average Bonchev–Trinajstić information content (AvgIpc) is 2.46. The predicted molar refractivity (Wildman–Crippen MR) is 78.5 cm³/mol. The van der Waals surface area contributed by atoms with E-state index >= 15 is 0 Å². The first kappa shape index (κ1) is 14.5. The number of nitriles is 1. The molecule has 102 valence electrons. The van der Waals surface area contributed by atoms with Crippen LogP contribution in [0.5, 0.6) is 11.5 Å². The van der Waals surface area contributed by atoms with E-state index < -0.39 is 0 Å². The molecule has 0 amide bonds. The zero-order valence-electron chi connectivity index (χ0n) is 10.7. The molecule has 0 saturated heterocycles. The van der Waals surface area contributed by atoms with E-state index in [1.165, 1.54) is 7.11 Å². The maximum Gasteiger partial charge on any atom is 0.124 e. The molecule has 0 saturated carbocycles. The Morgan fingerprint density at radius 3 is 2.50 bits per heavy atom. The van der Waals surface area contributed by atoms with Crippen LogP contribution in [0, 0.1) is 11.3 Å². The third kappa shape index (κ3) is 3.57. The summed E-state index contributed by atoms with van der Waals surface area (Å²) in [6.07, 6.45) is 0. The Labute approximate surface area is 127 Å². The van der Waals surface area contributed by atoms with Crippen LogP contribution < -0.4 is 9.47 Å². The van der Waals surface area contributed by atoms with Crippen molar-refractivity contribution >= 4 is 23.2 Å². The van der Waals surface area contributed by atoms with Crippen molar-refractivity contribution in [2.75, 3.05) is 7.11 Å². The number of nitrogens with zero attached hydrogens (tertiary/aromatic N) is 1. The Kier molecular flexibility index (Phi) is 4.73. The maximum absolute atomic E-state index is 8.95. The molecule has 0 aliphatic rings. The molecular weight excluding hydrogens is 297 g/mol. The van der Waals surface area contributed by atoms with Crippen molar-refractivity contribution in [2.45, 2.75) is 6.61 Å². The number of benzene rings is 2. The molecule has 0 heterocycles. The topological polar surface area (TPSA) is 42.2 Å². The second-order valence-electron chi connectivity index (χ2n) is 4.03. The van der Waals surface area contributed by atoms with E-state index in [4.69, 9.17) is 37.9 Å². The lowest BCUT2D eigenvalue weighted by atomic mass is 10.2. The van der Waals surface area contributed by atoms with E-state index in [2.05, 4.69) is 6.07 Å². The van der Waals surface area contributed by atoms with Crippen LogP contribution >= 0.6 is 23.2 Å². The van der Waals surface area contributed by atoms with Crippen LogP contribution in [0.15, 0.2) is 36.4 Å². The highest BCUT2D eigenvalue weighted by Crippen LogP contribution is 2.25. The molecule has 20 heavy (non-hydrogen) atoms. The van der Waals surface area contributed by atoms with Gasteiger partial charge < -0.3 is 9.47 Å². The average molecular weight is 308 g/mol. The minimum atomic E-state index is 0.286. The molecule has 3 nitrogen and oxygen atoms in total. The van der Waals surface area contributed by atoms with Gasteiger partial charge in [-0.3, -0.25) is 0 Å². The van der Waals surface area contributed by atoms with Gasteiger partial charge in [-0.05, 0) is 24.3 Å². The van der Waals surface area contributed by atoms with E-state index in [1.807, 2.05) is 0 Å². The van der Waals surface area contributed by atoms with Gasteiger partial charge in [-0.25, -0.2) is 0 Å². The Balaban J connectivity index is 2.16. The number of ether oxygens (including phenoxy) is 2. The predicted octanol–water partition coefficient (Wildman–Crippen LogP) is 4.45. The van der Waals surface area contributed by atoms with Crippen molar-refractivity contribution in [3.05, 3.63) is 57.6 Å². The van der Waals surface area contributed by atoms with Gasteiger partial charge in [0.15, 0.2) is 0 Å². The fraction of sp³-hybridized carbons (Fsp3) is 0.133. The molecule has 0 unspecified atom stereocenters. The molecule has 0 N–H and O–H groups in total. The van der Waals surface area contributed by atoms with Gasteiger partial charge in [0.2, 0.25) is 0 Å². The maximum atomic E-state index is 8.95. The van der Waals surface area contributed by atoms with Crippen molar-refractivity contribution in [1.29, 1.82) is 5.26 Å². The molecule has 0 spiro atoms. The summed E-state index contributed by atoms with van der Waals surface area (Å²) in [7, 11) is 1.54. The van der Waals surface area contributed by atoms with Gasteiger partial charge >= 0.3 is 0 Å².